The predicted molar refractivity (Wildman–Crippen MR) is 70.1 cm³/mol. The smallest absolute Gasteiger partial charge is 0.113 e. The van der Waals surface area contributed by atoms with Crippen LogP contribution in [0.4, 0.5) is 0 Å². The highest BCUT2D eigenvalue weighted by Gasteiger charge is 2.03. The minimum atomic E-state index is 0.548. The molecule has 0 fully saturated rings. The van der Waals surface area contributed by atoms with Crippen molar-refractivity contribution >= 4 is 0 Å². The van der Waals surface area contributed by atoms with Crippen molar-refractivity contribution in [3.05, 3.63) is 36.0 Å². The molecule has 0 atom stereocenters. The molecular formula is C13H18N4O. The molecule has 2 aromatic rings. The highest BCUT2D eigenvalue weighted by molar-refractivity contribution is 5.57. The van der Waals surface area contributed by atoms with E-state index >= 15 is 0 Å². The molecule has 0 aliphatic rings. The number of aryl methyl sites for hydroxylation is 1. The first-order chi connectivity index (χ1) is 8.79. The molecule has 2 rings (SSSR count). The molecule has 0 aliphatic heterocycles. The van der Waals surface area contributed by atoms with Crippen LogP contribution in [0.1, 0.15) is 5.56 Å². The van der Waals surface area contributed by atoms with Crippen molar-refractivity contribution in [3.8, 4) is 11.3 Å². The van der Waals surface area contributed by atoms with E-state index in [0.29, 0.717) is 26.3 Å². The average molecular weight is 246 g/mol. The lowest BCUT2D eigenvalue weighted by molar-refractivity contribution is 0.130. The second-order valence-corrected chi connectivity index (χ2v) is 4.13. The molecular weight excluding hydrogens is 228 g/mol. The summed E-state index contributed by atoms with van der Waals surface area (Å²) in [5.41, 5.74) is 8.54. The van der Waals surface area contributed by atoms with Crippen molar-refractivity contribution in [2.75, 3.05) is 19.8 Å². The van der Waals surface area contributed by atoms with Gasteiger partial charge in [-0.1, -0.05) is 35.0 Å². The maximum atomic E-state index is 5.34. The van der Waals surface area contributed by atoms with Gasteiger partial charge in [0, 0.05) is 12.1 Å². The van der Waals surface area contributed by atoms with E-state index < -0.39 is 0 Å². The van der Waals surface area contributed by atoms with Gasteiger partial charge in [-0.3, -0.25) is 0 Å². The summed E-state index contributed by atoms with van der Waals surface area (Å²) in [5.74, 6) is 0. The van der Waals surface area contributed by atoms with Gasteiger partial charge in [0.15, 0.2) is 0 Å². The molecule has 5 nitrogen and oxygen atoms in total. The number of ether oxygens (including phenoxy) is 1. The third kappa shape index (κ3) is 3.38. The SMILES string of the molecule is Cc1ccc(-c2cn(CCOCCN)nn2)cc1. The van der Waals surface area contributed by atoms with E-state index in [0.717, 1.165) is 11.3 Å². The fourth-order valence-corrected chi connectivity index (χ4v) is 1.61. The van der Waals surface area contributed by atoms with Crippen molar-refractivity contribution < 1.29 is 4.74 Å². The summed E-state index contributed by atoms with van der Waals surface area (Å²) in [6, 6.07) is 8.24. The molecule has 0 aliphatic carbocycles. The van der Waals surface area contributed by atoms with Crippen LogP contribution in [-0.2, 0) is 11.3 Å². The first-order valence-corrected chi connectivity index (χ1v) is 6.04. The molecule has 0 radical (unpaired) electrons. The van der Waals surface area contributed by atoms with E-state index in [1.165, 1.54) is 5.56 Å². The molecule has 0 saturated heterocycles. The maximum Gasteiger partial charge on any atom is 0.113 e. The number of hydrogen-bond donors (Lipinski definition) is 1. The second kappa shape index (κ2) is 6.28. The highest BCUT2D eigenvalue weighted by Crippen LogP contribution is 2.16. The van der Waals surface area contributed by atoms with Crippen LogP contribution in [0.3, 0.4) is 0 Å². The summed E-state index contributed by atoms with van der Waals surface area (Å²) in [4.78, 5) is 0. The topological polar surface area (TPSA) is 66.0 Å². The largest absolute Gasteiger partial charge is 0.378 e. The van der Waals surface area contributed by atoms with Gasteiger partial charge in [-0.2, -0.15) is 0 Å². The maximum absolute atomic E-state index is 5.34. The van der Waals surface area contributed by atoms with Crippen LogP contribution in [0.25, 0.3) is 11.3 Å². The molecule has 2 N–H and O–H groups in total. The van der Waals surface area contributed by atoms with Crippen molar-refractivity contribution in [2.24, 2.45) is 5.73 Å². The van der Waals surface area contributed by atoms with E-state index in [9.17, 15) is 0 Å². The average Bonchev–Trinajstić information content (AvgIpc) is 2.84. The molecule has 0 spiro atoms. The van der Waals surface area contributed by atoms with Gasteiger partial charge >= 0.3 is 0 Å². The standard InChI is InChI=1S/C13H18N4O/c1-11-2-4-12(5-3-11)13-10-17(16-15-13)7-9-18-8-6-14/h2-5,10H,6-9,14H2,1H3. The zero-order valence-corrected chi connectivity index (χ0v) is 10.5. The number of nitrogens with zero attached hydrogens (tertiary/aromatic N) is 3. The molecule has 5 heteroatoms. The van der Waals surface area contributed by atoms with Gasteiger partial charge in [0.25, 0.3) is 0 Å². The molecule has 96 valence electrons. The summed E-state index contributed by atoms with van der Waals surface area (Å²) < 4.78 is 7.09. The molecule has 1 heterocycles. The lowest BCUT2D eigenvalue weighted by Gasteiger charge is -2.01. The summed E-state index contributed by atoms with van der Waals surface area (Å²) in [7, 11) is 0. The van der Waals surface area contributed by atoms with E-state index in [4.69, 9.17) is 10.5 Å². The van der Waals surface area contributed by atoms with Gasteiger partial charge in [0.2, 0.25) is 0 Å². The van der Waals surface area contributed by atoms with Crippen LogP contribution in [0.15, 0.2) is 30.5 Å². The third-order valence-electron chi connectivity index (χ3n) is 2.61. The fourth-order valence-electron chi connectivity index (χ4n) is 1.61. The number of rotatable bonds is 6. The Balaban J connectivity index is 1.95. The summed E-state index contributed by atoms with van der Waals surface area (Å²) in [5, 5.41) is 8.22. The number of nitrogens with two attached hydrogens (primary N) is 1. The quantitative estimate of drug-likeness (QED) is 0.778. The molecule has 0 unspecified atom stereocenters. The molecule has 0 saturated carbocycles. The molecule has 1 aromatic carbocycles. The third-order valence-corrected chi connectivity index (χ3v) is 2.61. The van der Waals surface area contributed by atoms with Crippen molar-refractivity contribution in [1.82, 2.24) is 15.0 Å². The Morgan fingerprint density at radius 1 is 1.22 bits per heavy atom. The number of benzene rings is 1. The van der Waals surface area contributed by atoms with E-state index in [1.54, 1.807) is 4.68 Å². The highest BCUT2D eigenvalue weighted by atomic mass is 16.5. The fraction of sp³-hybridized carbons (Fsp3) is 0.385. The van der Waals surface area contributed by atoms with E-state index in [1.807, 2.05) is 6.20 Å². The van der Waals surface area contributed by atoms with Crippen molar-refractivity contribution in [3.63, 3.8) is 0 Å². The Hall–Kier alpha value is -1.72. The zero-order valence-electron chi connectivity index (χ0n) is 10.5. The molecule has 18 heavy (non-hydrogen) atoms. The van der Waals surface area contributed by atoms with Crippen LogP contribution < -0.4 is 5.73 Å². The normalized spacial score (nSPS) is 10.8. The lowest BCUT2D eigenvalue weighted by Crippen LogP contribution is -2.12. The van der Waals surface area contributed by atoms with Gasteiger partial charge in [0.1, 0.15) is 5.69 Å². The Morgan fingerprint density at radius 3 is 2.72 bits per heavy atom. The lowest BCUT2D eigenvalue weighted by atomic mass is 10.1. The van der Waals surface area contributed by atoms with Crippen molar-refractivity contribution in [2.45, 2.75) is 13.5 Å². The van der Waals surface area contributed by atoms with Gasteiger partial charge in [0.05, 0.1) is 26.0 Å². The molecule has 0 bridgehead atoms. The predicted octanol–water partition coefficient (Wildman–Crippen LogP) is 1.23. The Bertz CT molecular complexity index is 478. The second-order valence-electron chi connectivity index (χ2n) is 4.13. The number of aromatic nitrogens is 3. The Kier molecular flexibility index (Phi) is 4.44. The first kappa shape index (κ1) is 12.7. The Morgan fingerprint density at radius 2 is 2.00 bits per heavy atom. The van der Waals surface area contributed by atoms with Gasteiger partial charge in [-0.05, 0) is 6.92 Å². The molecule has 0 amide bonds. The van der Waals surface area contributed by atoms with Gasteiger partial charge < -0.3 is 10.5 Å². The Labute approximate surface area is 107 Å². The zero-order chi connectivity index (χ0) is 12.8. The minimum Gasteiger partial charge on any atom is -0.378 e. The molecule has 1 aromatic heterocycles. The van der Waals surface area contributed by atoms with Crippen LogP contribution in [-0.4, -0.2) is 34.8 Å². The monoisotopic (exact) mass is 246 g/mol. The number of hydrogen-bond acceptors (Lipinski definition) is 4. The first-order valence-electron chi connectivity index (χ1n) is 6.04. The summed E-state index contributed by atoms with van der Waals surface area (Å²) in [6.07, 6.45) is 1.93. The van der Waals surface area contributed by atoms with E-state index in [2.05, 4.69) is 41.5 Å². The summed E-state index contributed by atoms with van der Waals surface area (Å²) in [6.45, 7) is 4.49. The van der Waals surface area contributed by atoms with Crippen LogP contribution in [0, 0.1) is 6.92 Å². The van der Waals surface area contributed by atoms with Crippen LogP contribution in [0.2, 0.25) is 0 Å². The van der Waals surface area contributed by atoms with Gasteiger partial charge in [-0.25, -0.2) is 4.68 Å². The summed E-state index contributed by atoms with van der Waals surface area (Å²) >= 11 is 0. The van der Waals surface area contributed by atoms with Crippen molar-refractivity contribution in [1.29, 1.82) is 0 Å². The van der Waals surface area contributed by atoms with Gasteiger partial charge in [-0.15, -0.1) is 5.10 Å². The van der Waals surface area contributed by atoms with Crippen LogP contribution >= 0.6 is 0 Å². The minimum absolute atomic E-state index is 0.548. The van der Waals surface area contributed by atoms with E-state index in [-0.39, 0.29) is 0 Å². The van der Waals surface area contributed by atoms with Crippen LogP contribution in [0.5, 0.6) is 0 Å².